The van der Waals surface area contributed by atoms with Crippen LogP contribution in [0.15, 0.2) is 24.3 Å². The molecule has 1 atom stereocenters. The lowest BCUT2D eigenvalue weighted by atomic mass is 10.2. The zero-order chi connectivity index (χ0) is 16.1. The molecule has 0 saturated heterocycles. The fourth-order valence-corrected chi connectivity index (χ4v) is 2.30. The number of rotatable bonds is 8. The van der Waals surface area contributed by atoms with Crippen LogP contribution in [0.1, 0.15) is 26.7 Å². The Bertz CT molecular complexity index is 525. The Morgan fingerprint density at radius 3 is 2.50 bits per heavy atom. The number of carboxylic acid groups (broad SMARTS) is 1. The van der Waals surface area contributed by atoms with Gasteiger partial charge in [-0.2, -0.15) is 0 Å². The predicted octanol–water partition coefficient (Wildman–Crippen LogP) is 1.96. The first-order chi connectivity index (χ1) is 10.5. The van der Waals surface area contributed by atoms with E-state index in [-0.39, 0.29) is 18.5 Å². The molecule has 1 amide bonds. The summed E-state index contributed by atoms with van der Waals surface area (Å²) in [5, 5.41) is 11.9. The number of carbonyl (C=O) groups is 2. The second kappa shape index (κ2) is 7.26. The number of ether oxygens (including phenoxy) is 1. The number of hydrogen-bond acceptors (Lipinski definition) is 4. The van der Waals surface area contributed by atoms with Crippen LogP contribution in [0.5, 0.6) is 5.75 Å². The molecule has 1 aliphatic rings. The van der Waals surface area contributed by atoms with Crippen molar-refractivity contribution in [1.29, 1.82) is 0 Å². The molecule has 1 aromatic rings. The molecule has 120 valence electrons. The molecule has 1 aromatic carbocycles. The molecule has 22 heavy (non-hydrogen) atoms. The van der Waals surface area contributed by atoms with Gasteiger partial charge in [-0.1, -0.05) is 0 Å². The van der Waals surface area contributed by atoms with Crippen molar-refractivity contribution < 1.29 is 19.4 Å². The first kappa shape index (κ1) is 16.3. The Morgan fingerprint density at radius 2 is 2.00 bits per heavy atom. The van der Waals surface area contributed by atoms with E-state index >= 15 is 0 Å². The molecule has 0 aromatic heterocycles. The molecule has 0 aliphatic heterocycles. The van der Waals surface area contributed by atoms with E-state index in [2.05, 4.69) is 5.32 Å². The Kier molecular flexibility index (Phi) is 5.38. The Morgan fingerprint density at radius 1 is 1.36 bits per heavy atom. The maximum absolute atomic E-state index is 12.1. The van der Waals surface area contributed by atoms with Crippen molar-refractivity contribution in [1.82, 2.24) is 4.90 Å². The topological polar surface area (TPSA) is 78.9 Å². The second-order valence-corrected chi connectivity index (χ2v) is 5.42. The molecule has 0 radical (unpaired) electrons. The van der Waals surface area contributed by atoms with Gasteiger partial charge in [-0.05, 0) is 51.0 Å². The summed E-state index contributed by atoms with van der Waals surface area (Å²) < 4.78 is 5.34. The van der Waals surface area contributed by atoms with Gasteiger partial charge in [0, 0.05) is 11.7 Å². The third-order valence-corrected chi connectivity index (χ3v) is 3.65. The number of aliphatic carboxylic acids is 1. The third-order valence-electron chi connectivity index (χ3n) is 3.65. The average Bonchev–Trinajstić information content (AvgIpc) is 3.31. The number of carbonyl (C=O) groups excluding carboxylic acids is 1. The normalized spacial score (nSPS) is 15.4. The number of amides is 1. The predicted molar refractivity (Wildman–Crippen MR) is 83.1 cm³/mol. The highest BCUT2D eigenvalue weighted by molar-refractivity contribution is 5.92. The fraction of sp³-hybridized carbons (Fsp3) is 0.500. The van der Waals surface area contributed by atoms with Gasteiger partial charge in [0.2, 0.25) is 5.91 Å². The molecule has 0 bridgehead atoms. The van der Waals surface area contributed by atoms with Crippen LogP contribution in [0, 0.1) is 0 Å². The lowest BCUT2D eigenvalue weighted by Crippen LogP contribution is -2.44. The van der Waals surface area contributed by atoms with E-state index in [9.17, 15) is 9.59 Å². The minimum absolute atomic E-state index is 0.0886. The number of hydrogen-bond donors (Lipinski definition) is 2. The monoisotopic (exact) mass is 306 g/mol. The summed E-state index contributed by atoms with van der Waals surface area (Å²) in [7, 11) is 0. The Balaban J connectivity index is 1.91. The molecule has 2 N–H and O–H groups in total. The fourth-order valence-electron chi connectivity index (χ4n) is 2.30. The smallest absolute Gasteiger partial charge is 0.320 e. The molecule has 2 rings (SSSR count). The van der Waals surface area contributed by atoms with Crippen LogP contribution in [0.2, 0.25) is 0 Å². The summed E-state index contributed by atoms with van der Waals surface area (Å²) in [6, 6.07) is 6.67. The van der Waals surface area contributed by atoms with E-state index in [0.29, 0.717) is 12.3 Å². The highest BCUT2D eigenvalue weighted by Gasteiger charge is 2.36. The van der Waals surface area contributed by atoms with Crippen molar-refractivity contribution in [2.24, 2.45) is 0 Å². The molecular weight excluding hydrogens is 284 g/mol. The van der Waals surface area contributed by atoms with E-state index in [4.69, 9.17) is 9.84 Å². The third kappa shape index (κ3) is 4.46. The van der Waals surface area contributed by atoms with Crippen molar-refractivity contribution in [3.63, 3.8) is 0 Å². The summed E-state index contributed by atoms with van der Waals surface area (Å²) >= 11 is 0. The van der Waals surface area contributed by atoms with Crippen LogP contribution in [0.4, 0.5) is 5.69 Å². The molecule has 6 nitrogen and oxygen atoms in total. The molecule has 1 saturated carbocycles. The lowest BCUT2D eigenvalue weighted by Gasteiger charge is -2.25. The highest BCUT2D eigenvalue weighted by atomic mass is 16.5. The minimum atomic E-state index is -0.902. The summed E-state index contributed by atoms with van der Waals surface area (Å²) in [5.74, 6) is -0.357. The zero-order valence-electron chi connectivity index (χ0n) is 12.9. The molecule has 1 fully saturated rings. The van der Waals surface area contributed by atoms with Gasteiger partial charge >= 0.3 is 5.97 Å². The second-order valence-electron chi connectivity index (χ2n) is 5.42. The van der Waals surface area contributed by atoms with Crippen molar-refractivity contribution in [2.75, 3.05) is 18.5 Å². The number of carboxylic acids is 1. The average molecular weight is 306 g/mol. The zero-order valence-corrected chi connectivity index (χ0v) is 12.9. The number of benzene rings is 1. The quantitative estimate of drug-likeness (QED) is 0.767. The number of nitrogens with one attached hydrogen (secondary N) is 1. The largest absolute Gasteiger partial charge is 0.494 e. The number of anilines is 1. The summed E-state index contributed by atoms with van der Waals surface area (Å²) in [5.41, 5.74) is 0.673. The maximum atomic E-state index is 12.1. The van der Waals surface area contributed by atoms with Crippen molar-refractivity contribution >= 4 is 17.6 Å². The van der Waals surface area contributed by atoms with Gasteiger partial charge in [-0.3, -0.25) is 14.5 Å². The number of nitrogens with zero attached hydrogens (tertiary/aromatic N) is 1. The first-order valence-electron chi connectivity index (χ1n) is 7.52. The summed E-state index contributed by atoms with van der Waals surface area (Å²) in [6.45, 7) is 4.21. The van der Waals surface area contributed by atoms with Gasteiger partial charge in [0.15, 0.2) is 0 Å². The van der Waals surface area contributed by atoms with Gasteiger partial charge in [0.05, 0.1) is 13.2 Å². The Hall–Kier alpha value is -2.08. The van der Waals surface area contributed by atoms with Crippen molar-refractivity contribution in [3.05, 3.63) is 24.3 Å². The van der Waals surface area contributed by atoms with Crippen LogP contribution in [-0.4, -0.2) is 47.1 Å². The van der Waals surface area contributed by atoms with E-state index < -0.39 is 12.0 Å². The summed E-state index contributed by atoms with van der Waals surface area (Å²) in [4.78, 5) is 25.0. The molecule has 0 heterocycles. The first-order valence-corrected chi connectivity index (χ1v) is 7.52. The van der Waals surface area contributed by atoms with Crippen LogP contribution < -0.4 is 10.1 Å². The van der Waals surface area contributed by atoms with Crippen LogP contribution >= 0.6 is 0 Å². The van der Waals surface area contributed by atoms with Gasteiger partial charge in [0.1, 0.15) is 11.8 Å². The van der Waals surface area contributed by atoms with E-state index in [1.807, 2.05) is 6.92 Å². The van der Waals surface area contributed by atoms with Crippen molar-refractivity contribution in [3.8, 4) is 5.75 Å². The summed E-state index contributed by atoms with van der Waals surface area (Å²) in [6.07, 6.45) is 1.90. The molecule has 1 aliphatic carbocycles. The molecule has 6 heteroatoms. The van der Waals surface area contributed by atoms with E-state index in [1.165, 1.54) is 0 Å². The lowest BCUT2D eigenvalue weighted by molar-refractivity contribution is -0.143. The van der Waals surface area contributed by atoms with Gasteiger partial charge in [-0.15, -0.1) is 0 Å². The Labute approximate surface area is 130 Å². The maximum Gasteiger partial charge on any atom is 0.320 e. The SMILES string of the molecule is CCOc1ccc(NC(=O)CN(C2CC2)C(C)C(=O)O)cc1. The van der Waals surface area contributed by atoms with Crippen LogP contribution in [-0.2, 0) is 9.59 Å². The van der Waals surface area contributed by atoms with E-state index in [1.54, 1.807) is 36.1 Å². The van der Waals surface area contributed by atoms with Crippen molar-refractivity contribution in [2.45, 2.75) is 38.8 Å². The van der Waals surface area contributed by atoms with Gasteiger partial charge < -0.3 is 15.2 Å². The van der Waals surface area contributed by atoms with Crippen LogP contribution in [0.3, 0.4) is 0 Å². The van der Waals surface area contributed by atoms with E-state index in [0.717, 1.165) is 18.6 Å². The van der Waals surface area contributed by atoms with Gasteiger partial charge in [0.25, 0.3) is 0 Å². The molecule has 1 unspecified atom stereocenters. The van der Waals surface area contributed by atoms with Gasteiger partial charge in [-0.25, -0.2) is 0 Å². The minimum Gasteiger partial charge on any atom is -0.494 e. The van der Waals surface area contributed by atoms with Crippen LogP contribution in [0.25, 0.3) is 0 Å². The highest BCUT2D eigenvalue weighted by Crippen LogP contribution is 2.28. The molecule has 0 spiro atoms. The molecular formula is C16H22N2O4. The standard InChI is InChI=1S/C16H22N2O4/c1-3-22-14-8-4-12(5-9-14)17-15(19)10-18(13-6-7-13)11(2)16(20)21/h4-5,8-9,11,13H,3,6-7,10H2,1-2H3,(H,17,19)(H,20,21).